The summed E-state index contributed by atoms with van der Waals surface area (Å²) >= 11 is 0. The fourth-order valence-corrected chi connectivity index (χ4v) is 1.95. The monoisotopic (exact) mass is 270 g/mol. The maximum atomic E-state index is 9.20. The third-order valence-electron chi connectivity index (χ3n) is 3.06. The first-order valence-corrected chi connectivity index (χ1v) is 6.56. The molecule has 0 unspecified atom stereocenters. The Morgan fingerprint density at radius 1 is 1.10 bits per heavy atom. The molecule has 1 aliphatic rings. The molecule has 0 atom stereocenters. The molecule has 0 saturated carbocycles. The number of benzene rings is 1. The van der Waals surface area contributed by atoms with E-state index in [-0.39, 0.29) is 5.70 Å². The van der Waals surface area contributed by atoms with E-state index >= 15 is 0 Å². The molecule has 2 nitrogen and oxygen atoms in total. The standard InChI is InChI=1S/C19H14N2/c1-15-9-11-17(12-10-15)18(19(14-20)21-2)13-16-7-5-3-4-6-8-16/h3-13H,1H3. The number of allylic oxidation sites excluding steroid dienone is 10. The molecule has 0 N–H and O–H groups in total. The Morgan fingerprint density at radius 2 is 1.71 bits per heavy atom. The number of nitrogens with zero attached hydrogens (tertiary/aromatic N) is 2. The van der Waals surface area contributed by atoms with E-state index in [1.54, 1.807) is 0 Å². The summed E-state index contributed by atoms with van der Waals surface area (Å²) in [4.78, 5) is 3.35. The smallest absolute Gasteiger partial charge is 0.226 e. The van der Waals surface area contributed by atoms with E-state index < -0.39 is 0 Å². The molecular weight excluding hydrogens is 256 g/mol. The first kappa shape index (κ1) is 14.3. The summed E-state index contributed by atoms with van der Waals surface area (Å²) in [6.45, 7) is 9.22. The Labute approximate surface area is 125 Å². The van der Waals surface area contributed by atoms with Crippen molar-refractivity contribution in [2.45, 2.75) is 6.92 Å². The Hall–Kier alpha value is -3.10. The van der Waals surface area contributed by atoms with Crippen LogP contribution in [0.15, 0.2) is 78.1 Å². The Bertz CT molecular complexity index is 721. The maximum absolute atomic E-state index is 9.20. The summed E-state index contributed by atoms with van der Waals surface area (Å²) in [5.41, 5.74) is 3.72. The van der Waals surface area contributed by atoms with Gasteiger partial charge in [-0.2, -0.15) is 0 Å². The zero-order valence-electron chi connectivity index (χ0n) is 11.7. The lowest BCUT2D eigenvalue weighted by Crippen LogP contribution is -1.87. The first-order valence-electron chi connectivity index (χ1n) is 6.56. The largest absolute Gasteiger partial charge is 0.269 e. The van der Waals surface area contributed by atoms with Gasteiger partial charge in [0, 0.05) is 0 Å². The van der Waals surface area contributed by atoms with Gasteiger partial charge in [-0.1, -0.05) is 72.4 Å². The van der Waals surface area contributed by atoms with Gasteiger partial charge >= 0.3 is 0 Å². The maximum Gasteiger partial charge on any atom is 0.269 e. The van der Waals surface area contributed by atoms with E-state index in [1.165, 1.54) is 0 Å². The van der Waals surface area contributed by atoms with Gasteiger partial charge in [-0.05, 0) is 23.6 Å². The van der Waals surface area contributed by atoms with Crippen molar-refractivity contribution in [1.29, 1.82) is 5.26 Å². The van der Waals surface area contributed by atoms with Crippen molar-refractivity contribution in [2.24, 2.45) is 0 Å². The minimum Gasteiger partial charge on any atom is -0.226 e. The van der Waals surface area contributed by atoms with Crippen LogP contribution in [0.5, 0.6) is 0 Å². The van der Waals surface area contributed by atoms with Gasteiger partial charge in [-0.25, -0.2) is 10.1 Å². The van der Waals surface area contributed by atoms with Gasteiger partial charge in [0.1, 0.15) is 0 Å². The second kappa shape index (κ2) is 6.89. The van der Waals surface area contributed by atoms with Gasteiger partial charge in [0.05, 0.1) is 12.6 Å². The molecule has 0 saturated heterocycles. The third-order valence-corrected chi connectivity index (χ3v) is 3.06. The summed E-state index contributed by atoms with van der Waals surface area (Å²) in [6.07, 6.45) is 13.5. The summed E-state index contributed by atoms with van der Waals surface area (Å²) in [5.74, 6) is 0. The van der Waals surface area contributed by atoms with Gasteiger partial charge in [-0.15, -0.1) is 0 Å². The molecule has 0 amide bonds. The predicted molar refractivity (Wildman–Crippen MR) is 85.8 cm³/mol. The van der Waals surface area contributed by atoms with Gasteiger partial charge in [0.15, 0.2) is 0 Å². The number of hydrogen-bond donors (Lipinski definition) is 0. The molecule has 1 aromatic rings. The lowest BCUT2D eigenvalue weighted by molar-refractivity contribution is 1.44. The highest BCUT2D eigenvalue weighted by atomic mass is 14.7. The van der Waals surface area contributed by atoms with Crippen LogP contribution in [0.1, 0.15) is 11.1 Å². The van der Waals surface area contributed by atoms with E-state index in [0.29, 0.717) is 5.57 Å². The molecule has 21 heavy (non-hydrogen) atoms. The third kappa shape index (κ3) is 3.69. The van der Waals surface area contributed by atoms with Crippen molar-refractivity contribution >= 4 is 5.57 Å². The zero-order chi connectivity index (χ0) is 15.1. The summed E-state index contributed by atoms with van der Waals surface area (Å²) in [6, 6.07) is 9.82. The number of rotatable bonds is 2. The molecule has 100 valence electrons. The predicted octanol–water partition coefficient (Wildman–Crippen LogP) is 4.76. The van der Waals surface area contributed by atoms with Crippen molar-refractivity contribution in [3.63, 3.8) is 0 Å². The summed E-state index contributed by atoms with van der Waals surface area (Å²) in [5, 5.41) is 9.20. The van der Waals surface area contributed by atoms with Gasteiger partial charge in [0.2, 0.25) is 0 Å². The Balaban J connectivity index is 2.57. The van der Waals surface area contributed by atoms with E-state index in [9.17, 15) is 5.26 Å². The van der Waals surface area contributed by atoms with Crippen LogP contribution in [0.3, 0.4) is 0 Å². The van der Waals surface area contributed by atoms with E-state index in [4.69, 9.17) is 6.57 Å². The van der Waals surface area contributed by atoms with E-state index in [2.05, 4.69) is 4.85 Å². The SMILES string of the molecule is [C-]#[N+]C(C#N)=C(C=C1C=CC=CC=C1)c1ccc(C)cc1. The molecule has 0 spiro atoms. The molecule has 0 aliphatic heterocycles. The number of nitriles is 1. The fourth-order valence-electron chi connectivity index (χ4n) is 1.95. The van der Waals surface area contributed by atoms with E-state index in [0.717, 1.165) is 16.7 Å². The molecule has 1 aliphatic carbocycles. The zero-order valence-corrected chi connectivity index (χ0v) is 11.7. The summed E-state index contributed by atoms with van der Waals surface area (Å²) in [7, 11) is 0. The van der Waals surface area contributed by atoms with Crippen molar-refractivity contribution in [3.05, 3.63) is 101 Å². The normalized spacial score (nSPS) is 14.0. The van der Waals surface area contributed by atoms with E-state index in [1.807, 2.05) is 79.8 Å². The van der Waals surface area contributed by atoms with Crippen LogP contribution in [0.2, 0.25) is 0 Å². The van der Waals surface area contributed by atoms with Crippen LogP contribution in [0.25, 0.3) is 10.4 Å². The quantitative estimate of drug-likeness (QED) is 0.562. The van der Waals surface area contributed by atoms with Crippen molar-refractivity contribution in [2.75, 3.05) is 0 Å². The average Bonchev–Trinajstić information content (AvgIpc) is 2.77. The molecule has 0 radical (unpaired) electrons. The second-order valence-corrected chi connectivity index (χ2v) is 4.60. The topological polar surface area (TPSA) is 28.1 Å². The molecule has 2 rings (SSSR count). The Morgan fingerprint density at radius 3 is 2.24 bits per heavy atom. The molecular formula is C19H14N2. The molecule has 1 aromatic carbocycles. The molecule has 0 heterocycles. The lowest BCUT2D eigenvalue weighted by Gasteiger charge is -2.05. The van der Waals surface area contributed by atoms with Gasteiger partial charge in [0.25, 0.3) is 5.70 Å². The highest BCUT2D eigenvalue weighted by Crippen LogP contribution is 2.24. The Kier molecular flexibility index (Phi) is 4.70. The van der Waals surface area contributed by atoms with Crippen molar-refractivity contribution in [3.8, 4) is 6.07 Å². The van der Waals surface area contributed by atoms with Crippen LogP contribution < -0.4 is 0 Å². The second-order valence-electron chi connectivity index (χ2n) is 4.60. The van der Waals surface area contributed by atoms with Crippen LogP contribution in [0.4, 0.5) is 0 Å². The first-order chi connectivity index (χ1) is 10.2. The van der Waals surface area contributed by atoms with Crippen molar-refractivity contribution in [1.82, 2.24) is 0 Å². The average molecular weight is 270 g/mol. The van der Waals surface area contributed by atoms with Crippen LogP contribution >= 0.6 is 0 Å². The van der Waals surface area contributed by atoms with Crippen molar-refractivity contribution < 1.29 is 0 Å². The molecule has 2 heteroatoms. The minimum atomic E-state index is 0.102. The van der Waals surface area contributed by atoms with Crippen LogP contribution in [0, 0.1) is 24.8 Å². The fraction of sp³-hybridized carbons (Fsp3) is 0.0526. The highest BCUT2D eigenvalue weighted by Gasteiger charge is 2.07. The number of hydrogen-bond acceptors (Lipinski definition) is 1. The summed E-state index contributed by atoms with van der Waals surface area (Å²) < 4.78 is 0. The van der Waals surface area contributed by atoms with Gasteiger partial charge in [-0.3, -0.25) is 0 Å². The van der Waals surface area contributed by atoms with Crippen LogP contribution in [-0.4, -0.2) is 0 Å². The van der Waals surface area contributed by atoms with Gasteiger partial charge < -0.3 is 0 Å². The molecule has 0 bridgehead atoms. The highest BCUT2D eigenvalue weighted by molar-refractivity contribution is 5.82. The molecule has 0 aromatic heterocycles. The minimum absolute atomic E-state index is 0.102. The molecule has 0 fully saturated rings. The number of aryl methyl sites for hydroxylation is 1. The van der Waals surface area contributed by atoms with Crippen LogP contribution in [-0.2, 0) is 0 Å². The lowest BCUT2D eigenvalue weighted by atomic mass is 9.99.